The normalized spacial score (nSPS) is 21.4. The number of methoxy groups -OCH3 is 1. The number of amides is 2. The highest BCUT2D eigenvalue weighted by molar-refractivity contribution is 6.14. The Kier molecular flexibility index (Phi) is 5.16. The lowest BCUT2D eigenvalue weighted by molar-refractivity contribution is -0.127. The summed E-state index contributed by atoms with van der Waals surface area (Å²) in [5.41, 5.74) is 1.15. The van der Waals surface area contributed by atoms with Gasteiger partial charge in [0.15, 0.2) is 0 Å². The van der Waals surface area contributed by atoms with Gasteiger partial charge in [-0.3, -0.25) is 14.5 Å². The fraction of sp³-hybridized carbons (Fsp3) is 0.385. The number of benzene rings is 2. The summed E-state index contributed by atoms with van der Waals surface area (Å²) in [5.74, 6) is 0.363. The van der Waals surface area contributed by atoms with Crippen molar-refractivity contribution in [3.63, 3.8) is 0 Å². The molecule has 1 aliphatic carbocycles. The third-order valence-corrected chi connectivity index (χ3v) is 6.93. The van der Waals surface area contributed by atoms with Crippen LogP contribution in [0.15, 0.2) is 54.6 Å². The molecule has 2 heterocycles. The van der Waals surface area contributed by atoms with E-state index in [4.69, 9.17) is 4.74 Å². The van der Waals surface area contributed by atoms with E-state index in [0.717, 1.165) is 36.6 Å². The SMILES string of the molecule is COc1cccc(N2C(=O)c3cc4ccccc4n3CC2(C)C(=O)NC2CCCCC2)c1. The number of hydrogen-bond acceptors (Lipinski definition) is 3. The van der Waals surface area contributed by atoms with E-state index in [1.165, 1.54) is 6.42 Å². The van der Waals surface area contributed by atoms with Gasteiger partial charge in [0.25, 0.3) is 5.91 Å². The van der Waals surface area contributed by atoms with Crippen molar-refractivity contribution in [1.29, 1.82) is 0 Å². The number of aromatic nitrogens is 1. The number of carbonyl (C=O) groups excluding carboxylic acids is 2. The first kappa shape index (κ1) is 20.6. The minimum absolute atomic E-state index is 0.107. The summed E-state index contributed by atoms with van der Waals surface area (Å²) in [6.07, 6.45) is 5.47. The Labute approximate surface area is 188 Å². The smallest absolute Gasteiger partial charge is 0.275 e. The molecule has 0 spiro atoms. The lowest BCUT2D eigenvalue weighted by Gasteiger charge is -2.44. The Balaban J connectivity index is 1.62. The van der Waals surface area contributed by atoms with E-state index in [2.05, 4.69) is 5.32 Å². The van der Waals surface area contributed by atoms with Crippen LogP contribution in [0.1, 0.15) is 49.5 Å². The van der Waals surface area contributed by atoms with Crippen LogP contribution >= 0.6 is 0 Å². The first-order chi connectivity index (χ1) is 15.5. The number of rotatable bonds is 4. The summed E-state index contributed by atoms with van der Waals surface area (Å²) in [6.45, 7) is 2.26. The number of nitrogens with zero attached hydrogens (tertiary/aromatic N) is 2. The molecule has 1 aromatic heterocycles. The number of para-hydroxylation sites is 1. The molecule has 6 heteroatoms. The molecule has 1 atom stereocenters. The van der Waals surface area contributed by atoms with Crippen LogP contribution in [0, 0.1) is 0 Å². The molecule has 166 valence electrons. The van der Waals surface area contributed by atoms with Crippen LogP contribution in [0.3, 0.4) is 0 Å². The average Bonchev–Trinajstić information content (AvgIpc) is 3.18. The third kappa shape index (κ3) is 3.34. The number of carbonyl (C=O) groups is 2. The zero-order valence-corrected chi connectivity index (χ0v) is 18.6. The minimum Gasteiger partial charge on any atom is -0.497 e. The largest absolute Gasteiger partial charge is 0.497 e. The molecular formula is C26H29N3O3. The van der Waals surface area contributed by atoms with Crippen LogP contribution in [-0.4, -0.2) is 35.1 Å². The predicted octanol–water partition coefficient (Wildman–Crippen LogP) is 4.52. The van der Waals surface area contributed by atoms with Crippen LogP contribution in [0.4, 0.5) is 5.69 Å². The molecule has 0 saturated heterocycles. The highest BCUT2D eigenvalue weighted by atomic mass is 16.5. The molecule has 1 saturated carbocycles. The zero-order chi connectivity index (χ0) is 22.3. The molecule has 5 rings (SSSR count). The van der Waals surface area contributed by atoms with Gasteiger partial charge in [0.2, 0.25) is 5.91 Å². The van der Waals surface area contributed by atoms with E-state index in [1.807, 2.05) is 66.1 Å². The van der Waals surface area contributed by atoms with E-state index < -0.39 is 5.54 Å². The van der Waals surface area contributed by atoms with Crippen molar-refractivity contribution in [1.82, 2.24) is 9.88 Å². The predicted molar refractivity (Wildman–Crippen MR) is 125 cm³/mol. The molecule has 6 nitrogen and oxygen atoms in total. The number of ether oxygens (including phenoxy) is 1. The molecule has 2 amide bonds. The van der Waals surface area contributed by atoms with Crippen molar-refractivity contribution < 1.29 is 14.3 Å². The first-order valence-electron chi connectivity index (χ1n) is 11.4. The van der Waals surface area contributed by atoms with Gasteiger partial charge < -0.3 is 14.6 Å². The Morgan fingerprint density at radius 3 is 2.62 bits per heavy atom. The molecule has 2 aliphatic rings. The van der Waals surface area contributed by atoms with Crippen molar-refractivity contribution in [3.05, 3.63) is 60.3 Å². The second-order valence-corrected chi connectivity index (χ2v) is 9.10. The lowest BCUT2D eigenvalue weighted by atomic mass is 9.91. The number of nitrogens with one attached hydrogen (secondary N) is 1. The monoisotopic (exact) mass is 431 g/mol. The molecule has 0 bridgehead atoms. The molecular weight excluding hydrogens is 402 g/mol. The molecule has 1 N–H and O–H groups in total. The van der Waals surface area contributed by atoms with Gasteiger partial charge in [0, 0.05) is 28.7 Å². The standard InChI is InChI=1S/C26H29N3O3/c1-26(25(31)27-19-10-4-3-5-11-19)17-28-22-14-7-6-9-18(22)15-23(28)24(30)29(26)20-12-8-13-21(16-20)32-2/h6-9,12-16,19H,3-5,10-11,17H2,1-2H3,(H,27,31). The van der Waals surface area contributed by atoms with E-state index in [-0.39, 0.29) is 17.9 Å². The second-order valence-electron chi connectivity index (χ2n) is 9.10. The average molecular weight is 432 g/mol. The maximum Gasteiger partial charge on any atom is 0.275 e. The van der Waals surface area contributed by atoms with Crippen LogP contribution in [0.25, 0.3) is 10.9 Å². The Hall–Kier alpha value is -3.28. The summed E-state index contributed by atoms with van der Waals surface area (Å²) in [7, 11) is 1.60. The Morgan fingerprint density at radius 2 is 1.84 bits per heavy atom. The molecule has 3 aromatic rings. The van der Waals surface area contributed by atoms with Gasteiger partial charge in [0.1, 0.15) is 17.0 Å². The van der Waals surface area contributed by atoms with Crippen molar-refractivity contribution in [2.24, 2.45) is 0 Å². The summed E-state index contributed by atoms with van der Waals surface area (Å²) in [6, 6.07) is 17.4. The number of hydrogen-bond donors (Lipinski definition) is 1. The van der Waals surface area contributed by atoms with Crippen LogP contribution in [-0.2, 0) is 11.3 Å². The van der Waals surface area contributed by atoms with Gasteiger partial charge in [-0.15, -0.1) is 0 Å². The van der Waals surface area contributed by atoms with E-state index in [0.29, 0.717) is 23.7 Å². The quantitative estimate of drug-likeness (QED) is 0.661. The molecule has 2 aromatic carbocycles. The maximum absolute atomic E-state index is 13.9. The summed E-state index contributed by atoms with van der Waals surface area (Å²) in [5, 5.41) is 4.27. The number of fused-ring (bicyclic) bond motifs is 3. The molecule has 1 aliphatic heterocycles. The molecule has 32 heavy (non-hydrogen) atoms. The van der Waals surface area contributed by atoms with E-state index in [9.17, 15) is 9.59 Å². The minimum atomic E-state index is -1.07. The summed E-state index contributed by atoms with van der Waals surface area (Å²) >= 11 is 0. The van der Waals surface area contributed by atoms with E-state index in [1.54, 1.807) is 12.0 Å². The Morgan fingerprint density at radius 1 is 1.06 bits per heavy atom. The van der Waals surface area contributed by atoms with Crippen LogP contribution < -0.4 is 15.0 Å². The highest BCUT2D eigenvalue weighted by Gasteiger charge is 2.49. The van der Waals surface area contributed by atoms with Gasteiger partial charge in [-0.25, -0.2) is 0 Å². The van der Waals surface area contributed by atoms with Crippen molar-refractivity contribution in [2.45, 2.75) is 57.2 Å². The molecule has 1 fully saturated rings. The first-order valence-corrected chi connectivity index (χ1v) is 11.4. The molecule has 0 radical (unpaired) electrons. The summed E-state index contributed by atoms with van der Waals surface area (Å²) < 4.78 is 7.40. The summed E-state index contributed by atoms with van der Waals surface area (Å²) in [4.78, 5) is 29.3. The van der Waals surface area contributed by atoms with E-state index >= 15 is 0 Å². The highest BCUT2D eigenvalue weighted by Crippen LogP contribution is 2.37. The van der Waals surface area contributed by atoms with Gasteiger partial charge in [-0.05, 0) is 44.0 Å². The fourth-order valence-corrected chi connectivity index (χ4v) is 5.19. The fourth-order valence-electron chi connectivity index (χ4n) is 5.19. The van der Waals surface area contributed by atoms with Gasteiger partial charge in [-0.1, -0.05) is 43.5 Å². The zero-order valence-electron chi connectivity index (χ0n) is 18.6. The van der Waals surface area contributed by atoms with Crippen LogP contribution in [0.2, 0.25) is 0 Å². The lowest BCUT2D eigenvalue weighted by Crippen LogP contribution is -2.65. The third-order valence-electron chi connectivity index (χ3n) is 6.93. The van der Waals surface area contributed by atoms with Gasteiger partial charge in [-0.2, -0.15) is 0 Å². The Bertz CT molecular complexity index is 1180. The van der Waals surface area contributed by atoms with Gasteiger partial charge >= 0.3 is 0 Å². The van der Waals surface area contributed by atoms with Gasteiger partial charge in [0.05, 0.1) is 13.7 Å². The topological polar surface area (TPSA) is 63.6 Å². The maximum atomic E-state index is 13.9. The van der Waals surface area contributed by atoms with Crippen LogP contribution in [0.5, 0.6) is 5.75 Å². The van der Waals surface area contributed by atoms with Crippen molar-refractivity contribution >= 4 is 28.4 Å². The van der Waals surface area contributed by atoms with Crippen molar-refractivity contribution in [2.75, 3.05) is 12.0 Å². The van der Waals surface area contributed by atoms with Crippen molar-refractivity contribution in [3.8, 4) is 5.75 Å². The molecule has 1 unspecified atom stereocenters. The number of anilines is 1. The second kappa shape index (κ2) is 8.01.